The highest BCUT2D eigenvalue weighted by Crippen LogP contribution is 2.30. The first-order valence-electron chi connectivity index (χ1n) is 9.44. The van der Waals surface area contributed by atoms with E-state index >= 15 is 0 Å². The number of anilines is 1. The number of nitrogens with zero attached hydrogens (tertiary/aromatic N) is 5. The van der Waals surface area contributed by atoms with E-state index in [1.54, 1.807) is 4.68 Å². The molecular formula is C20H25N5OS. The van der Waals surface area contributed by atoms with Crippen LogP contribution < -0.4 is 4.90 Å². The average molecular weight is 384 g/mol. The van der Waals surface area contributed by atoms with Crippen LogP contribution in [-0.4, -0.2) is 51.1 Å². The van der Waals surface area contributed by atoms with Crippen LogP contribution in [0.2, 0.25) is 0 Å². The first-order valence-corrected chi connectivity index (χ1v) is 10.2. The third-order valence-corrected chi connectivity index (χ3v) is 5.81. The SMILES string of the molecule is CC(C)Cc1cc(C(=O)N2CCN(c3nsc4ccccc34)CC2)n(C)n1. The summed E-state index contributed by atoms with van der Waals surface area (Å²) >= 11 is 1.54. The number of carbonyl (C=O) groups excluding carboxylic acids is 1. The van der Waals surface area contributed by atoms with E-state index in [1.165, 1.54) is 21.6 Å². The van der Waals surface area contributed by atoms with Crippen molar-refractivity contribution < 1.29 is 4.79 Å². The third kappa shape index (κ3) is 3.56. The van der Waals surface area contributed by atoms with Crippen molar-refractivity contribution in [3.8, 4) is 0 Å². The molecule has 0 unspecified atom stereocenters. The van der Waals surface area contributed by atoms with Crippen LogP contribution in [0, 0.1) is 5.92 Å². The molecule has 0 N–H and O–H groups in total. The highest BCUT2D eigenvalue weighted by atomic mass is 32.1. The predicted octanol–water partition coefficient (Wildman–Crippen LogP) is 3.19. The van der Waals surface area contributed by atoms with Gasteiger partial charge in [0.15, 0.2) is 0 Å². The average Bonchev–Trinajstić information content (AvgIpc) is 3.24. The van der Waals surface area contributed by atoms with Crippen molar-refractivity contribution >= 4 is 33.3 Å². The first-order chi connectivity index (χ1) is 13.0. The highest BCUT2D eigenvalue weighted by molar-refractivity contribution is 7.13. The molecule has 4 rings (SSSR count). The Morgan fingerprint density at radius 3 is 2.67 bits per heavy atom. The molecule has 0 saturated carbocycles. The molecule has 1 aromatic carbocycles. The summed E-state index contributed by atoms with van der Waals surface area (Å²) in [4.78, 5) is 17.2. The van der Waals surface area contributed by atoms with Crippen LogP contribution in [0.5, 0.6) is 0 Å². The van der Waals surface area contributed by atoms with Crippen molar-refractivity contribution in [3.05, 3.63) is 41.7 Å². The Bertz CT molecular complexity index is 952. The summed E-state index contributed by atoms with van der Waals surface area (Å²) in [5.74, 6) is 1.64. The number of carbonyl (C=O) groups is 1. The van der Waals surface area contributed by atoms with E-state index in [4.69, 9.17) is 0 Å². The molecular weight excluding hydrogens is 358 g/mol. The maximum Gasteiger partial charge on any atom is 0.272 e. The van der Waals surface area contributed by atoms with Crippen molar-refractivity contribution in [3.63, 3.8) is 0 Å². The number of aryl methyl sites for hydroxylation is 1. The summed E-state index contributed by atoms with van der Waals surface area (Å²) in [5, 5.41) is 5.71. The summed E-state index contributed by atoms with van der Waals surface area (Å²) in [6, 6.07) is 10.3. The zero-order valence-electron chi connectivity index (χ0n) is 16.1. The van der Waals surface area contributed by atoms with E-state index < -0.39 is 0 Å². The second kappa shape index (κ2) is 7.31. The Labute approximate surface area is 163 Å². The Hall–Kier alpha value is -2.41. The molecule has 0 radical (unpaired) electrons. The Balaban J connectivity index is 1.45. The number of amides is 1. The highest BCUT2D eigenvalue weighted by Gasteiger charge is 2.26. The normalized spacial score (nSPS) is 15.1. The molecule has 1 fully saturated rings. The fourth-order valence-electron chi connectivity index (χ4n) is 3.63. The van der Waals surface area contributed by atoms with E-state index in [0.29, 0.717) is 24.7 Å². The van der Waals surface area contributed by atoms with E-state index in [1.807, 2.05) is 24.1 Å². The molecule has 1 saturated heterocycles. The lowest BCUT2D eigenvalue weighted by molar-refractivity contribution is 0.0735. The first kappa shape index (κ1) is 18.0. The van der Waals surface area contributed by atoms with Crippen LogP contribution in [0.15, 0.2) is 30.3 Å². The number of hydrogen-bond acceptors (Lipinski definition) is 5. The zero-order valence-corrected chi connectivity index (χ0v) is 16.9. The monoisotopic (exact) mass is 383 g/mol. The summed E-state index contributed by atoms with van der Waals surface area (Å²) in [7, 11) is 1.86. The maximum absolute atomic E-state index is 13.0. The molecule has 1 aliphatic rings. The van der Waals surface area contributed by atoms with Crippen LogP contribution in [0.1, 0.15) is 30.0 Å². The van der Waals surface area contributed by atoms with Crippen LogP contribution in [-0.2, 0) is 13.5 Å². The number of piperazine rings is 1. The number of benzene rings is 1. The summed E-state index contributed by atoms with van der Waals surface area (Å²) < 4.78 is 7.57. The summed E-state index contributed by atoms with van der Waals surface area (Å²) in [6.07, 6.45) is 0.895. The van der Waals surface area contributed by atoms with Crippen LogP contribution in [0.4, 0.5) is 5.82 Å². The molecule has 142 valence electrons. The molecule has 27 heavy (non-hydrogen) atoms. The summed E-state index contributed by atoms with van der Waals surface area (Å²) in [5.41, 5.74) is 1.67. The van der Waals surface area contributed by atoms with E-state index in [2.05, 4.69) is 46.4 Å². The van der Waals surface area contributed by atoms with Crippen molar-refractivity contribution in [1.29, 1.82) is 0 Å². The van der Waals surface area contributed by atoms with E-state index in [9.17, 15) is 4.79 Å². The van der Waals surface area contributed by atoms with Gasteiger partial charge in [0.05, 0.1) is 10.4 Å². The fourth-order valence-corrected chi connectivity index (χ4v) is 4.42. The van der Waals surface area contributed by atoms with Crippen molar-refractivity contribution in [2.45, 2.75) is 20.3 Å². The molecule has 0 atom stereocenters. The van der Waals surface area contributed by atoms with Gasteiger partial charge < -0.3 is 9.80 Å². The van der Waals surface area contributed by atoms with Crippen LogP contribution in [0.25, 0.3) is 10.1 Å². The molecule has 1 aliphatic heterocycles. The summed E-state index contributed by atoms with van der Waals surface area (Å²) in [6.45, 7) is 7.34. The van der Waals surface area contributed by atoms with Gasteiger partial charge in [-0.2, -0.15) is 9.47 Å². The van der Waals surface area contributed by atoms with Crippen LogP contribution >= 0.6 is 11.5 Å². The predicted molar refractivity (Wildman–Crippen MR) is 109 cm³/mol. The molecule has 6 nitrogen and oxygen atoms in total. The van der Waals surface area contributed by atoms with Crippen molar-refractivity contribution in [1.82, 2.24) is 19.1 Å². The quantitative estimate of drug-likeness (QED) is 0.694. The van der Waals surface area contributed by atoms with E-state index in [-0.39, 0.29) is 5.91 Å². The lowest BCUT2D eigenvalue weighted by Crippen LogP contribution is -2.49. The van der Waals surface area contributed by atoms with E-state index in [0.717, 1.165) is 31.0 Å². The van der Waals surface area contributed by atoms with Gasteiger partial charge in [0.1, 0.15) is 11.5 Å². The Morgan fingerprint density at radius 1 is 1.19 bits per heavy atom. The van der Waals surface area contributed by atoms with Crippen molar-refractivity contribution in [2.24, 2.45) is 13.0 Å². The van der Waals surface area contributed by atoms with Gasteiger partial charge in [-0.25, -0.2) is 0 Å². The minimum absolute atomic E-state index is 0.0720. The Kier molecular flexibility index (Phi) is 4.86. The van der Waals surface area contributed by atoms with Gasteiger partial charge in [-0.3, -0.25) is 9.48 Å². The maximum atomic E-state index is 13.0. The minimum Gasteiger partial charge on any atom is -0.352 e. The molecule has 3 aromatic rings. The Morgan fingerprint density at radius 2 is 1.93 bits per heavy atom. The van der Waals surface area contributed by atoms with Gasteiger partial charge in [0.25, 0.3) is 5.91 Å². The molecule has 3 heterocycles. The molecule has 1 amide bonds. The molecule has 7 heteroatoms. The number of aromatic nitrogens is 3. The number of hydrogen-bond donors (Lipinski definition) is 0. The second-order valence-corrected chi connectivity index (χ2v) is 8.33. The zero-order chi connectivity index (χ0) is 19.0. The smallest absolute Gasteiger partial charge is 0.272 e. The number of fused-ring (bicyclic) bond motifs is 1. The lowest BCUT2D eigenvalue weighted by Gasteiger charge is -2.35. The van der Waals surface area contributed by atoms with Crippen LogP contribution in [0.3, 0.4) is 0 Å². The lowest BCUT2D eigenvalue weighted by atomic mass is 10.1. The standard InChI is InChI=1S/C20H25N5OS/c1-14(2)12-15-13-17(23(3)21-15)20(26)25-10-8-24(9-11-25)19-16-6-4-5-7-18(16)27-22-19/h4-7,13-14H,8-12H2,1-3H3. The van der Waals surface area contributed by atoms with Gasteiger partial charge in [-0.15, -0.1) is 0 Å². The largest absolute Gasteiger partial charge is 0.352 e. The third-order valence-electron chi connectivity index (χ3n) is 4.99. The minimum atomic E-state index is 0.0720. The topological polar surface area (TPSA) is 54.3 Å². The fraction of sp³-hybridized carbons (Fsp3) is 0.450. The molecule has 0 aliphatic carbocycles. The molecule has 0 bridgehead atoms. The van der Waals surface area contributed by atoms with Gasteiger partial charge in [-0.05, 0) is 42.1 Å². The van der Waals surface area contributed by atoms with Gasteiger partial charge in [0.2, 0.25) is 0 Å². The molecule has 2 aromatic heterocycles. The van der Waals surface area contributed by atoms with Gasteiger partial charge in [-0.1, -0.05) is 26.0 Å². The number of rotatable bonds is 4. The van der Waals surface area contributed by atoms with Gasteiger partial charge in [0, 0.05) is 38.6 Å². The van der Waals surface area contributed by atoms with Crippen molar-refractivity contribution in [2.75, 3.05) is 31.1 Å². The second-order valence-electron chi connectivity index (χ2n) is 7.52. The molecule has 0 spiro atoms. The van der Waals surface area contributed by atoms with Gasteiger partial charge >= 0.3 is 0 Å².